The first-order chi connectivity index (χ1) is 22.1. The molecule has 13 heteroatoms. The Morgan fingerprint density at radius 2 is 1.80 bits per heavy atom. The first kappa shape index (κ1) is 32.7. The first-order valence-corrected chi connectivity index (χ1v) is 15.9. The summed E-state index contributed by atoms with van der Waals surface area (Å²) in [4.78, 5) is 35.9. The van der Waals surface area contributed by atoms with Gasteiger partial charge in [0.15, 0.2) is 11.0 Å². The average molecular weight is 651 g/mol. The van der Waals surface area contributed by atoms with E-state index in [1.54, 1.807) is 4.90 Å². The van der Waals surface area contributed by atoms with Gasteiger partial charge < -0.3 is 10.1 Å². The minimum Gasteiger partial charge on any atom is -0.406 e. The number of halogens is 3. The van der Waals surface area contributed by atoms with Crippen molar-refractivity contribution in [1.29, 1.82) is 0 Å². The van der Waals surface area contributed by atoms with E-state index in [4.69, 9.17) is 0 Å². The van der Waals surface area contributed by atoms with E-state index in [-0.39, 0.29) is 23.3 Å². The number of amides is 3. The third-order valence-corrected chi connectivity index (χ3v) is 8.38. The second-order valence-corrected chi connectivity index (χ2v) is 11.6. The number of amidine groups is 1. The van der Waals surface area contributed by atoms with Crippen LogP contribution >= 0.6 is 11.8 Å². The van der Waals surface area contributed by atoms with Crippen LogP contribution in [-0.4, -0.2) is 50.5 Å². The van der Waals surface area contributed by atoms with E-state index >= 15 is 0 Å². The number of hydrogen-bond donors (Lipinski definition) is 1. The van der Waals surface area contributed by atoms with E-state index in [0.717, 1.165) is 48.1 Å². The highest BCUT2D eigenvalue weighted by Gasteiger charge is 2.32. The van der Waals surface area contributed by atoms with Crippen molar-refractivity contribution in [2.75, 3.05) is 17.2 Å². The number of alkyl halides is 3. The number of aryl methyl sites for hydroxylation is 1. The smallest absolute Gasteiger partial charge is 0.406 e. The summed E-state index contributed by atoms with van der Waals surface area (Å²) in [6, 6.07) is 20.3. The van der Waals surface area contributed by atoms with Crippen LogP contribution in [0.1, 0.15) is 50.2 Å². The zero-order chi connectivity index (χ0) is 32.7. The van der Waals surface area contributed by atoms with Crippen LogP contribution in [0.5, 0.6) is 5.75 Å². The molecule has 0 spiro atoms. The van der Waals surface area contributed by atoms with Crippen LogP contribution in [0.3, 0.4) is 0 Å². The lowest BCUT2D eigenvalue weighted by molar-refractivity contribution is -0.274. The molecule has 1 aromatic heterocycles. The molecule has 1 aliphatic rings. The quantitative estimate of drug-likeness (QED) is 0.180. The Labute approximate surface area is 268 Å². The molecule has 1 unspecified atom stereocenters. The number of urea groups is 1. The molecule has 0 radical (unpaired) electrons. The van der Waals surface area contributed by atoms with Gasteiger partial charge >= 0.3 is 12.4 Å². The molecule has 0 aliphatic carbocycles. The van der Waals surface area contributed by atoms with Crippen molar-refractivity contribution in [3.8, 4) is 22.8 Å². The number of carbonyl (C=O) groups is 2. The zero-order valence-corrected chi connectivity index (χ0v) is 26.1. The fraction of sp³-hybridized carbons (Fsp3) is 0.303. The van der Waals surface area contributed by atoms with E-state index in [9.17, 15) is 22.8 Å². The highest BCUT2D eigenvalue weighted by molar-refractivity contribution is 8.15. The van der Waals surface area contributed by atoms with Gasteiger partial charge in [0.1, 0.15) is 12.1 Å². The lowest BCUT2D eigenvalue weighted by atomic mass is 9.95. The number of hydrogen-bond acceptors (Lipinski definition) is 6. The molecule has 9 nitrogen and oxygen atoms in total. The predicted octanol–water partition coefficient (Wildman–Crippen LogP) is 7.51. The molecule has 1 atom stereocenters. The van der Waals surface area contributed by atoms with Gasteiger partial charge in [-0.25, -0.2) is 14.5 Å². The summed E-state index contributed by atoms with van der Waals surface area (Å²) in [7, 11) is 0. The van der Waals surface area contributed by atoms with Crippen LogP contribution in [0.25, 0.3) is 17.1 Å². The molecule has 1 aliphatic heterocycles. The largest absolute Gasteiger partial charge is 0.573 e. The summed E-state index contributed by atoms with van der Waals surface area (Å²) in [5, 5.41) is 7.73. The van der Waals surface area contributed by atoms with Gasteiger partial charge in [0.05, 0.1) is 17.1 Å². The third kappa shape index (κ3) is 8.13. The second kappa shape index (κ2) is 14.6. The predicted molar refractivity (Wildman–Crippen MR) is 172 cm³/mol. The van der Waals surface area contributed by atoms with Crippen LogP contribution in [0, 0.1) is 0 Å². The van der Waals surface area contributed by atoms with Gasteiger partial charge in [-0.3, -0.25) is 9.69 Å². The topological polar surface area (TPSA) is 102 Å². The minimum absolute atomic E-state index is 0.0184. The van der Waals surface area contributed by atoms with Gasteiger partial charge in [-0.1, -0.05) is 74.5 Å². The van der Waals surface area contributed by atoms with Crippen molar-refractivity contribution < 1.29 is 27.5 Å². The van der Waals surface area contributed by atoms with Gasteiger partial charge in [-0.05, 0) is 60.7 Å². The average Bonchev–Trinajstić information content (AvgIpc) is 3.67. The number of para-hydroxylation sites is 1. The molecule has 4 aromatic rings. The van der Waals surface area contributed by atoms with Gasteiger partial charge in [0, 0.05) is 18.0 Å². The van der Waals surface area contributed by atoms with Crippen LogP contribution in [0.15, 0.2) is 84.1 Å². The van der Waals surface area contributed by atoms with Crippen molar-refractivity contribution in [2.45, 2.75) is 51.8 Å². The molecule has 5 rings (SSSR count). The Balaban J connectivity index is 1.21. The third-order valence-electron chi connectivity index (χ3n) is 7.45. The molecule has 0 bridgehead atoms. The van der Waals surface area contributed by atoms with E-state index in [1.165, 1.54) is 47.0 Å². The van der Waals surface area contributed by atoms with Crippen LogP contribution < -0.4 is 15.0 Å². The molecule has 240 valence electrons. The van der Waals surface area contributed by atoms with Crippen molar-refractivity contribution >= 4 is 34.6 Å². The van der Waals surface area contributed by atoms with Crippen LogP contribution in [-0.2, 0) is 11.2 Å². The number of unbranched alkanes of at least 4 members (excludes halogenated alkanes) is 1. The van der Waals surface area contributed by atoms with E-state index in [1.807, 2.05) is 55.5 Å². The molecule has 3 aromatic carbocycles. The highest BCUT2D eigenvalue weighted by Crippen LogP contribution is 2.31. The fourth-order valence-corrected chi connectivity index (χ4v) is 5.91. The Kier molecular flexibility index (Phi) is 10.4. The lowest BCUT2D eigenvalue weighted by Crippen LogP contribution is -2.33. The molecule has 46 heavy (non-hydrogen) atoms. The Bertz CT molecular complexity index is 1690. The first-order valence-electron chi connectivity index (χ1n) is 14.9. The summed E-state index contributed by atoms with van der Waals surface area (Å²) in [5.74, 6) is 0.279. The number of aliphatic imine (C=N–C) groups is 1. The number of anilines is 1. The maximum atomic E-state index is 12.9. The second-order valence-electron chi connectivity index (χ2n) is 10.6. The molecule has 3 amide bonds. The number of aromatic nitrogens is 3. The molecule has 2 heterocycles. The van der Waals surface area contributed by atoms with E-state index in [0.29, 0.717) is 23.2 Å². The summed E-state index contributed by atoms with van der Waals surface area (Å²) in [5.41, 5.74) is 4.12. The maximum Gasteiger partial charge on any atom is 0.573 e. The van der Waals surface area contributed by atoms with E-state index in [2.05, 4.69) is 32.1 Å². The molecule has 1 saturated heterocycles. The molecule has 0 saturated carbocycles. The summed E-state index contributed by atoms with van der Waals surface area (Å²) in [6.45, 7) is 4.51. The summed E-state index contributed by atoms with van der Waals surface area (Å²) >= 11 is 1.26. The number of rotatable bonds is 11. The molecule has 1 fully saturated rings. The highest BCUT2D eigenvalue weighted by atomic mass is 32.2. The Hall–Kier alpha value is -4.65. The minimum atomic E-state index is -4.76. The van der Waals surface area contributed by atoms with Gasteiger partial charge in [0.2, 0.25) is 5.91 Å². The number of ether oxygens (including phenoxy) is 1. The Morgan fingerprint density at radius 1 is 1.07 bits per heavy atom. The van der Waals surface area contributed by atoms with E-state index < -0.39 is 12.4 Å². The zero-order valence-electron chi connectivity index (χ0n) is 25.3. The number of carbonyl (C=O) groups excluding carboxylic acids is 2. The van der Waals surface area contributed by atoms with Gasteiger partial charge in [0.25, 0.3) is 0 Å². The van der Waals surface area contributed by atoms with Crippen molar-refractivity contribution in [1.82, 2.24) is 20.1 Å². The van der Waals surface area contributed by atoms with Crippen molar-refractivity contribution in [3.05, 3.63) is 90.3 Å². The number of nitrogens with zero attached hydrogens (tertiary/aromatic N) is 5. The molecular formula is C33H33F3N6O3S. The fourth-order valence-electron chi connectivity index (χ4n) is 5.05. The summed E-state index contributed by atoms with van der Waals surface area (Å²) in [6.07, 6.45) is 0.363. The lowest BCUT2D eigenvalue weighted by Gasteiger charge is -2.20. The molecular weight excluding hydrogens is 617 g/mol. The van der Waals surface area contributed by atoms with Crippen molar-refractivity contribution in [2.24, 2.45) is 4.99 Å². The monoisotopic (exact) mass is 650 g/mol. The maximum absolute atomic E-state index is 12.9. The standard InChI is InChI=1S/C33H33F3N6O3S/c1-3-5-8-24-9-6-7-10-28(24)42-29(43)20-46-32(42)39-31(44)37-19-22(4-2)23-11-13-25(14-12-23)30-38-21-41(40-30)26-15-17-27(18-16-26)45-33(34,35)36/h6-7,9-18,21-22H,3-5,8,19-20H2,1-2H3,(H,37,44). The van der Waals surface area contributed by atoms with Crippen LogP contribution in [0.2, 0.25) is 0 Å². The number of benzene rings is 3. The van der Waals surface area contributed by atoms with Crippen molar-refractivity contribution in [3.63, 3.8) is 0 Å². The Morgan fingerprint density at radius 3 is 2.50 bits per heavy atom. The number of nitrogens with one attached hydrogen (secondary N) is 1. The normalized spacial score (nSPS) is 14.9. The number of thioether (sulfide) groups is 1. The molecule has 1 N–H and O–H groups in total. The van der Waals surface area contributed by atoms with Gasteiger partial charge in [-0.2, -0.15) is 4.99 Å². The summed E-state index contributed by atoms with van der Waals surface area (Å²) < 4.78 is 42.7. The van der Waals surface area contributed by atoms with Crippen LogP contribution in [0.4, 0.5) is 23.7 Å². The SMILES string of the molecule is CCCCc1ccccc1N1C(=O)CSC1=NC(=O)NCC(CC)c1ccc(-c2ncn(-c3ccc(OC(F)(F)F)cc3)n2)cc1. The van der Waals surface area contributed by atoms with Gasteiger partial charge in [-0.15, -0.1) is 18.3 Å².